The van der Waals surface area contributed by atoms with Crippen LogP contribution in [-0.4, -0.2) is 24.2 Å². The van der Waals surface area contributed by atoms with Gasteiger partial charge in [0.2, 0.25) is 0 Å². The van der Waals surface area contributed by atoms with Crippen LogP contribution in [0.2, 0.25) is 0 Å². The van der Waals surface area contributed by atoms with Crippen molar-refractivity contribution in [1.29, 1.82) is 0 Å². The number of benzene rings is 1. The number of nitrogen functional groups attached to an aromatic ring is 1. The highest BCUT2D eigenvalue weighted by atomic mass is 32.2. The quantitative estimate of drug-likeness (QED) is 0.430. The van der Waals surface area contributed by atoms with Gasteiger partial charge in [0, 0.05) is 29.8 Å². The minimum absolute atomic E-state index is 0.130. The summed E-state index contributed by atoms with van der Waals surface area (Å²) < 4.78 is 5.65. The Labute approximate surface area is 114 Å². The maximum atomic E-state index is 5.86. The molecule has 0 aliphatic carbocycles. The average Bonchev–Trinajstić information content (AvgIpc) is 2.32. The molecule has 0 unspecified atom stereocenters. The molecule has 3 N–H and O–H groups in total. The van der Waals surface area contributed by atoms with Crippen LogP contribution in [0.4, 0.5) is 11.4 Å². The van der Waals surface area contributed by atoms with Crippen LogP contribution in [0.1, 0.15) is 13.8 Å². The number of thioether (sulfide) groups is 1. The van der Waals surface area contributed by atoms with Gasteiger partial charge in [-0.15, -0.1) is 6.58 Å². The molecule has 0 saturated carbocycles. The maximum Gasteiger partial charge on any atom is 0.144 e. The van der Waals surface area contributed by atoms with Gasteiger partial charge >= 0.3 is 0 Å². The monoisotopic (exact) mass is 266 g/mol. The molecule has 0 aliphatic rings. The third-order valence-corrected chi connectivity index (χ3v) is 3.15. The summed E-state index contributed by atoms with van der Waals surface area (Å²) in [6.07, 6.45) is 2.05. The Hall–Kier alpha value is -1.29. The van der Waals surface area contributed by atoms with Crippen LogP contribution >= 0.6 is 11.8 Å². The molecule has 0 radical (unpaired) electrons. The lowest BCUT2D eigenvalue weighted by molar-refractivity contribution is 0.244. The summed E-state index contributed by atoms with van der Waals surface area (Å²) in [5, 5.41) is 3.35. The molecule has 4 heteroatoms. The Kier molecular flexibility index (Phi) is 6.50. The van der Waals surface area contributed by atoms with E-state index in [1.165, 1.54) is 0 Å². The number of hydrogen-bond acceptors (Lipinski definition) is 4. The Balaban J connectivity index is 2.48. The van der Waals surface area contributed by atoms with Gasteiger partial charge in [-0.1, -0.05) is 6.08 Å². The van der Waals surface area contributed by atoms with E-state index in [1.807, 2.05) is 49.9 Å². The summed E-state index contributed by atoms with van der Waals surface area (Å²) in [7, 11) is 0. The van der Waals surface area contributed by atoms with Crippen molar-refractivity contribution >= 4 is 23.1 Å². The van der Waals surface area contributed by atoms with Crippen molar-refractivity contribution in [2.75, 3.05) is 29.1 Å². The Morgan fingerprint density at radius 3 is 2.94 bits per heavy atom. The minimum atomic E-state index is 0.130. The van der Waals surface area contributed by atoms with Crippen molar-refractivity contribution in [2.45, 2.75) is 20.0 Å². The van der Waals surface area contributed by atoms with Crippen LogP contribution in [0.15, 0.2) is 30.9 Å². The molecule has 1 aromatic rings. The summed E-state index contributed by atoms with van der Waals surface area (Å²) in [5.74, 6) is 2.79. The van der Waals surface area contributed by atoms with Gasteiger partial charge in [0.05, 0.1) is 11.8 Å². The predicted molar refractivity (Wildman–Crippen MR) is 82.6 cm³/mol. The summed E-state index contributed by atoms with van der Waals surface area (Å²) in [4.78, 5) is 0. The van der Waals surface area contributed by atoms with E-state index < -0.39 is 0 Å². The van der Waals surface area contributed by atoms with E-state index in [4.69, 9.17) is 10.5 Å². The molecule has 0 amide bonds. The summed E-state index contributed by atoms with van der Waals surface area (Å²) in [6.45, 7) is 8.60. The van der Waals surface area contributed by atoms with Crippen molar-refractivity contribution in [3.8, 4) is 5.75 Å². The number of hydrogen-bond donors (Lipinski definition) is 2. The molecule has 0 fully saturated rings. The third-order valence-electron chi connectivity index (χ3n) is 2.19. The molecule has 0 spiro atoms. The van der Waals surface area contributed by atoms with Crippen LogP contribution in [0.5, 0.6) is 5.75 Å². The van der Waals surface area contributed by atoms with Gasteiger partial charge in [0.15, 0.2) is 0 Å². The van der Waals surface area contributed by atoms with Crippen molar-refractivity contribution in [3.63, 3.8) is 0 Å². The van der Waals surface area contributed by atoms with Crippen molar-refractivity contribution in [2.24, 2.45) is 0 Å². The first-order chi connectivity index (χ1) is 8.63. The zero-order valence-corrected chi connectivity index (χ0v) is 11.9. The smallest absolute Gasteiger partial charge is 0.144 e. The van der Waals surface area contributed by atoms with E-state index >= 15 is 0 Å². The zero-order chi connectivity index (χ0) is 13.4. The molecule has 0 atom stereocenters. The Morgan fingerprint density at radius 2 is 2.28 bits per heavy atom. The van der Waals surface area contributed by atoms with Gasteiger partial charge in [-0.25, -0.2) is 0 Å². The van der Waals surface area contributed by atoms with Crippen molar-refractivity contribution < 1.29 is 4.74 Å². The van der Waals surface area contributed by atoms with Crippen LogP contribution in [-0.2, 0) is 0 Å². The van der Waals surface area contributed by atoms with E-state index in [9.17, 15) is 0 Å². The van der Waals surface area contributed by atoms with E-state index in [0.717, 1.165) is 29.5 Å². The fraction of sp³-hybridized carbons (Fsp3) is 0.429. The molecular formula is C14H22N2OS. The minimum Gasteiger partial charge on any atom is -0.489 e. The standard InChI is InChI=1S/C14H22N2OS/c1-4-8-18-9-7-16-12-5-6-13(15)14(10-12)17-11(2)3/h4-6,10-11,16H,1,7-9,15H2,2-3H3. The number of ether oxygens (including phenoxy) is 1. The summed E-state index contributed by atoms with van der Waals surface area (Å²) in [5.41, 5.74) is 7.58. The second kappa shape index (κ2) is 7.93. The van der Waals surface area contributed by atoms with Gasteiger partial charge in [-0.2, -0.15) is 11.8 Å². The topological polar surface area (TPSA) is 47.3 Å². The normalized spacial score (nSPS) is 10.4. The van der Waals surface area contributed by atoms with E-state index in [0.29, 0.717) is 5.69 Å². The second-order valence-electron chi connectivity index (χ2n) is 4.21. The molecule has 0 saturated heterocycles. The number of nitrogens with two attached hydrogens (primary N) is 1. The molecule has 0 bridgehead atoms. The van der Waals surface area contributed by atoms with Crippen LogP contribution in [0.25, 0.3) is 0 Å². The predicted octanol–water partition coefficient (Wildman–Crippen LogP) is 3.39. The molecule has 1 aromatic carbocycles. The van der Waals surface area contributed by atoms with Gasteiger partial charge in [0.1, 0.15) is 5.75 Å². The first-order valence-electron chi connectivity index (χ1n) is 6.12. The molecular weight excluding hydrogens is 244 g/mol. The summed E-state index contributed by atoms with van der Waals surface area (Å²) in [6, 6.07) is 5.80. The van der Waals surface area contributed by atoms with E-state index in [2.05, 4.69) is 11.9 Å². The first-order valence-corrected chi connectivity index (χ1v) is 7.27. The molecule has 18 heavy (non-hydrogen) atoms. The summed E-state index contributed by atoms with van der Waals surface area (Å²) >= 11 is 1.85. The molecule has 0 aliphatic heterocycles. The SMILES string of the molecule is C=CCSCCNc1ccc(N)c(OC(C)C)c1. The fourth-order valence-electron chi connectivity index (χ4n) is 1.43. The highest BCUT2D eigenvalue weighted by Gasteiger charge is 2.04. The Morgan fingerprint density at radius 1 is 1.50 bits per heavy atom. The van der Waals surface area contributed by atoms with Crippen LogP contribution in [0.3, 0.4) is 0 Å². The molecule has 0 heterocycles. The third kappa shape index (κ3) is 5.36. The number of rotatable bonds is 8. The van der Waals surface area contributed by atoms with E-state index in [1.54, 1.807) is 0 Å². The van der Waals surface area contributed by atoms with Gasteiger partial charge in [-0.3, -0.25) is 0 Å². The highest BCUT2D eigenvalue weighted by Crippen LogP contribution is 2.26. The largest absolute Gasteiger partial charge is 0.489 e. The molecule has 3 nitrogen and oxygen atoms in total. The van der Waals surface area contributed by atoms with Crippen LogP contribution in [0, 0.1) is 0 Å². The van der Waals surface area contributed by atoms with Gasteiger partial charge in [-0.05, 0) is 26.0 Å². The first kappa shape index (κ1) is 14.8. The number of anilines is 2. The van der Waals surface area contributed by atoms with Crippen molar-refractivity contribution in [3.05, 3.63) is 30.9 Å². The van der Waals surface area contributed by atoms with Crippen LogP contribution < -0.4 is 15.8 Å². The fourth-order valence-corrected chi connectivity index (χ4v) is 2.01. The lowest BCUT2D eigenvalue weighted by atomic mass is 10.2. The maximum absolute atomic E-state index is 5.86. The van der Waals surface area contributed by atoms with Gasteiger partial charge in [0.25, 0.3) is 0 Å². The Bertz CT molecular complexity index is 380. The number of nitrogens with one attached hydrogen (secondary N) is 1. The van der Waals surface area contributed by atoms with E-state index in [-0.39, 0.29) is 6.10 Å². The molecule has 1 rings (SSSR count). The average molecular weight is 266 g/mol. The highest BCUT2D eigenvalue weighted by molar-refractivity contribution is 7.99. The zero-order valence-electron chi connectivity index (χ0n) is 11.1. The molecule has 0 aromatic heterocycles. The second-order valence-corrected chi connectivity index (χ2v) is 5.36. The lowest BCUT2D eigenvalue weighted by Gasteiger charge is -2.14. The molecule has 100 valence electrons. The van der Waals surface area contributed by atoms with Crippen molar-refractivity contribution in [1.82, 2.24) is 0 Å². The van der Waals surface area contributed by atoms with Gasteiger partial charge < -0.3 is 15.8 Å². The lowest BCUT2D eigenvalue weighted by Crippen LogP contribution is -2.09.